The van der Waals surface area contributed by atoms with Crippen LogP contribution in [0.25, 0.3) is 0 Å². The molecule has 0 aromatic rings. The number of amides is 1. The number of carbonyl (C=O) groups excluding carboxylic acids is 1. The summed E-state index contributed by atoms with van der Waals surface area (Å²) in [5.41, 5.74) is 6.05. The molecule has 0 spiro atoms. The van der Waals surface area contributed by atoms with Gasteiger partial charge in [-0.1, -0.05) is 26.7 Å². The highest BCUT2D eigenvalue weighted by molar-refractivity contribution is 5.80. The van der Waals surface area contributed by atoms with Gasteiger partial charge in [0.25, 0.3) is 0 Å². The fourth-order valence-electron chi connectivity index (χ4n) is 3.16. The predicted molar refractivity (Wildman–Crippen MR) is 64.9 cm³/mol. The maximum absolute atomic E-state index is 12.4. The van der Waals surface area contributed by atoms with Crippen molar-refractivity contribution >= 4 is 5.91 Å². The molecule has 92 valence electrons. The minimum absolute atomic E-state index is 0.183. The van der Waals surface area contributed by atoms with Gasteiger partial charge in [-0.15, -0.1) is 0 Å². The normalized spacial score (nSPS) is 34.1. The van der Waals surface area contributed by atoms with E-state index in [1.54, 1.807) is 0 Å². The maximum Gasteiger partial charge on any atom is 0.226 e. The Hall–Kier alpha value is -0.570. The molecule has 1 aliphatic heterocycles. The Kier molecular flexibility index (Phi) is 3.24. The first kappa shape index (κ1) is 11.9. The minimum atomic E-state index is 0.183. The van der Waals surface area contributed by atoms with Crippen LogP contribution in [0, 0.1) is 11.3 Å². The molecule has 2 fully saturated rings. The molecule has 2 N–H and O–H groups in total. The van der Waals surface area contributed by atoms with Gasteiger partial charge < -0.3 is 10.6 Å². The van der Waals surface area contributed by atoms with Gasteiger partial charge in [-0.3, -0.25) is 4.79 Å². The average Bonchev–Trinajstić information content (AvgIpc) is 2.63. The molecule has 0 aromatic heterocycles. The van der Waals surface area contributed by atoms with Crippen LogP contribution in [0.5, 0.6) is 0 Å². The van der Waals surface area contributed by atoms with Crippen molar-refractivity contribution in [2.24, 2.45) is 17.1 Å². The zero-order chi connectivity index (χ0) is 11.8. The Morgan fingerprint density at radius 1 is 1.31 bits per heavy atom. The topological polar surface area (TPSA) is 46.3 Å². The van der Waals surface area contributed by atoms with Gasteiger partial charge in [0.15, 0.2) is 0 Å². The molecular weight excluding hydrogens is 200 g/mol. The van der Waals surface area contributed by atoms with E-state index in [0.29, 0.717) is 5.91 Å². The van der Waals surface area contributed by atoms with Gasteiger partial charge in [-0.05, 0) is 24.7 Å². The molecule has 1 saturated carbocycles. The van der Waals surface area contributed by atoms with Gasteiger partial charge in [-0.25, -0.2) is 0 Å². The molecule has 2 rings (SSSR count). The lowest BCUT2D eigenvalue weighted by Gasteiger charge is -2.39. The van der Waals surface area contributed by atoms with Crippen LogP contribution in [0.1, 0.15) is 46.0 Å². The first-order valence-electron chi connectivity index (χ1n) is 6.55. The number of hydrogen-bond donors (Lipinski definition) is 1. The first-order chi connectivity index (χ1) is 7.50. The summed E-state index contributed by atoms with van der Waals surface area (Å²) in [6, 6.07) is 0.204. The number of carbonyl (C=O) groups is 1. The van der Waals surface area contributed by atoms with E-state index in [9.17, 15) is 4.79 Å². The van der Waals surface area contributed by atoms with E-state index in [0.717, 1.165) is 25.9 Å². The summed E-state index contributed by atoms with van der Waals surface area (Å²) in [5, 5.41) is 0. The quantitative estimate of drug-likeness (QED) is 0.737. The van der Waals surface area contributed by atoms with Gasteiger partial charge in [0.05, 0.1) is 0 Å². The van der Waals surface area contributed by atoms with E-state index >= 15 is 0 Å². The van der Waals surface area contributed by atoms with E-state index < -0.39 is 0 Å². The van der Waals surface area contributed by atoms with Crippen LogP contribution in [0.2, 0.25) is 0 Å². The maximum atomic E-state index is 12.4. The van der Waals surface area contributed by atoms with Crippen LogP contribution in [0.3, 0.4) is 0 Å². The van der Waals surface area contributed by atoms with Gasteiger partial charge in [0, 0.05) is 25.0 Å². The highest BCUT2D eigenvalue weighted by atomic mass is 16.2. The first-order valence-corrected chi connectivity index (χ1v) is 6.55. The summed E-state index contributed by atoms with van der Waals surface area (Å²) >= 11 is 0. The third-order valence-corrected chi connectivity index (χ3v) is 4.34. The Labute approximate surface area is 98.4 Å². The fraction of sp³-hybridized carbons (Fsp3) is 0.923. The third-order valence-electron chi connectivity index (χ3n) is 4.34. The van der Waals surface area contributed by atoms with Crippen molar-refractivity contribution in [3.63, 3.8) is 0 Å². The summed E-state index contributed by atoms with van der Waals surface area (Å²) in [6.45, 7) is 6.12. The van der Waals surface area contributed by atoms with Crippen molar-refractivity contribution < 1.29 is 4.79 Å². The average molecular weight is 224 g/mol. The molecule has 3 heteroatoms. The summed E-state index contributed by atoms with van der Waals surface area (Å²) in [7, 11) is 0. The highest BCUT2D eigenvalue weighted by Gasteiger charge is 2.40. The highest BCUT2D eigenvalue weighted by Crippen LogP contribution is 2.41. The molecular formula is C13H24N2O. The molecule has 2 aliphatic rings. The second kappa shape index (κ2) is 4.36. The number of hydrogen-bond acceptors (Lipinski definition) is 2. The largest absolute Gasteiger partial charge is 0.341 e. The van der Waals surface area contributed by atoms with Gasteiger partial charge in [0.2, 0.25) is 5.91 Å². The molecule has 1 amide bonds. The second-order valence-electron chi connectivity index (χ2n) is 6.12. The summed E-state index contributed by atoms with van der Waals surface area (Å²) < 4.78 is 0. The zero-order valence-corrected chi connectivity index (χ0v) is 10.5. The SMILES string of the molecule is CC1(C)CCCCC1C(=O)N1CC[C@@H](N)C1. The fourth-order valence-corrected chi connectivity index (χ4v) is 3.16. The Bertz CT molecular complexity index is 275. The number of nitrogens with two attached hydrogens (primary N) is 1. The van der Waals surface area contributed by atoms with Gasteiger partial charge >= 0.3 is 0 Å². The molecule has 0 radical (unpaired) electrons. The molecule has 1 unspecified atom stereocenters. The van der Waals surface area contributed by atoms with Crippen LogP contribution in [-0.2, 0) is 4.79 Å². The Morgan fingerprint density at radius 2 is 2.06 bits per heavy atom. The summed E-state index contributed by atoms with van der Waals surface area (Å²) in [6.07, 6.45) is 5.70. The van der Waals surface area contributed by atoms with Crippen molar-refractivity contribution in [3.8, 4) is 0 Å². The lowest BCUT2D eigenvalue weighted by atomic mass is 9.68. The molecule has 3 nitrogen and oxygen atoms in total. The van der Waals surface area contributed by atoms with E-state index in [1.807, 2.05) is 4.90 Å². The lowest BCUT2D eigenvalue weighted by molar-refractivity contribution is -0.140. The third kappa shape index (κ3) is 2.24. The Morgan fingerprint density at radius 3 is 2.62 bits per heavy atom. The summed E-state index contributed by atoms with van der Waals surface area (Å²) in [5.74, 6) is 0.587. The second-order valence-corrected chi connectivity index (χ2v) is 6.12. The van der Waals surface area contributed by atoms with Crippen molar-refractivity contribution in [2.75, 3.05) is 13.1 Å². The molecule has 2 atom stereocenters. The predicted octanol–water partition coefficient (Wildman–Crippen LogP) is 1.76. The molecule has 0 bridgehead atoms. The number of rotatable bonds is 1. The molecule has 1 aliphatic carbocycles. The van der Waals surface area contributed by atoms with Crippen molar-refractivity contribution in [1.82, 2.24) is 4.90 Å². The Balaban J connectivity index is 2.03. The standard InChI is InChI=1S/C13H24N2O/c1-13(2)7-4-3-5-11(13)12(16)15-8-6-10(14)9-15/h10-11H,3-9,14H2,1-2H3/t10-,11?/m1/s1. The summed E-state index contributed by atoms with van der Waals surface area (Å²) in [4.78, 5) is 14.4. The van der Waals surface area contributed by atoms with E-state index in [4.69, 9.17) is 5.73 Å². The van der Waals surface area contributed by atoms with E-state index in [1.165, 1.54) is 19.3 Å². The van der Waals surface area contributed by atoms with Crippen molar-refractivity contribution in [2.45, 2.75) is 52.0 Å². The van der Waals surface area contributed by atoms with Crippen molar-refractivity contribution in [3.05, 3.63) is 0 Å². The van der Waals surface area contributed by atoms with Crippen LogP contribution < -0.4 is 5.73 Å². The molecule has 1 heterocycles. The lowest BCUT2D eigenvalue weighted by Crippen LogP contribution is -2.43. The van der Waals surface area contributed by atoms with E-state index in [2.05, 4.69) is 13.8 Å². The zero-order valence-electron chi connectivity index (χ0n) is 10.5. The molecule has 1 saturated heterocycles. The minimum Gasteiger partial charge on any atom is -0.341 e. The molecule has 0 aromatic carbocycles. The van der Waals surface area contributed by atoms with E-state index in [-0.39, 0.29) is 17.4 Å². The number of nitrogens with zero attached hydrogens (tertiary/aromatic N) is 1. The molecule has 16 heavy (non-hydrogen) atoms. The van der Waals surface area contributed by atoms with Gasteiger partial charge in [-0.2, -0.15) is 0 Å². The van der Waals surface area contributed by atoms with Crippen LogP contribution >= 0.6 is 0 Å². The smallest absolute Gasteiger partial charge is 0.226 e. The monoisotopic (exact) mass is 224 g/mol. The van der Waals surface area contributed by atoms with Crippen LogP contribution in [0.15, 0.2) is 0 Å². The van der Waals surface area contributed by atoms with Crippen LogP contribution in [-0.4, -0.2) is 29.9 Å². The van der Waals surface area contributed by atoms with Crippen molar-refractivity contribution in [1.29, 1.82) is 0 Å². The number of likely N-dealkylation sites (tertiary alicyclic amines) is 1. The van der Waals surface area contributed by atoms with Gasteiger partial charge in [0.1, 0.15) is 0 Å². The van der Waals surface area contributed by atoms with Crippen LogP contribution in [0.4, 0.5) is 0 Å².